The van der Waals surface area contributed by atoms with Crippen LogP contribution in [0.5, 0.6) is 5.75 Å². The van der Waals surface area contributed by atoms with Gasteiger partial charge in [-0.05, 0) is 24.1 Å². The molecule has 0 saturated carbocycles. The molecule has 6 N–H and O–H groups in total. The van der Waals surface area contributed by atoms with E-state index in [4.69, 9.17) is 10.8 Å². The average molecular weight is 388 g/mol. The first-order chi connectivity index (χ1) is 12.8. The van der Waals surface area contributed by atoms with Crippen molar-refractivity contribution in [1.29, 1.82) is 0 Å². The number of anilines is 2. The summed E-state index contributed by atoms with van der Waals surface area (Å²) in [4.78, 5) is 26.7. The molecule has 1 atom stereocenters. The summed E-state index contributed by atoms with van der Waals surface area (Å²) >= 11 is 1.51. The summed E-state index contributed by atoms with van der Waals surface area (Å²) in [6, 6.07) is 4.47. The fourth-order valence-electron chi connectivity index (χ4n) is 2.51. The van der Waals surface area contributed by atoms with Gasteiger partial charge < -0.3 is 26.2 Å². The fourth-order valence-corrected chi connectivity index (χ4v) is 3.77. The van der Waals surface area contributed by atoms with Gasteiger partial charge in [-0.15, -0.1) is 11.8 Å². The molecule has 142 valence electrons. The smallest absolute Gasteiger partial charge is 0.339 e. The Hall–Kier alpha value is -3.01. The van der Waals surface area contributed by atoms with E-state index in [0.29, 0.717) is 22.1 Å². The molecule has 0 unspecified atom stereocenters. The van der Waals surface area contributed by atoms with Gasteiger partial charge in [-0.2, -0.15) is 4.98 Å². The second-order valence-corrected chi connectivity index (χ2v) is 7.34. The number of nitrogens with two attached hydrogens (primary N) is 1. The Bertz CT molecular complexity index is 974. The molecule has 0 bridgehead atoms. The Morgan fingerprint density at radius 3 is 2.85 bits per heavy atom. The van der Waals surface area contributed by atoms with Crippen LogP contribution in [-0.4, -0.2) is 47.9 Å². The van der Waals surface area contributed by atoms with E-state index in [0.717, 1.165) is 5.52 Å². The Labute approximate surface area is 159 Å². The summed E-state index contributed by atoms with van der Waals surface area (Å²) in [5.41, 5.74) is 7.48. The number of nitrogen functional groups attached to an aromatic ring is 1. The molecule has 1 aromatic carbocycles. The maximum absolute atomic E-state index is 11.2. The van der Waals surface area contributed by atoms with E-state index in [1.807, 2.05) is 0 Å². The van der Waals surface area contributed by atoms with Crippen LogP contribution in [-0.2, 0) is 0 Å². The Morgan fingerprint density at radius 2 is 2.15 bits per heavy atom. The summed E-state index contributed by atoms with van der Waals surface area (Å²) in [7, 11) is 0. The van der Waals surface area contributed by atoms with Gasteiger partial charge in [0.05, 0.1) is 6.33 Å². The van der Waals surface area contributed by atoms with E-state index in [2.05, 4.69) is 39.1 Å². The molecule has 0 aliphatic heterocycles. The first-order valence-electron chi connectivity index (χ1n) is 8.27. The number of hydrogen-bond donors (Lipinski definition) is 5. The van der Waals surface area contributed by atoms with Crippen molar-refractivity contribution in [2.24, 2.45) is 5.92 Å². The van der Waals surface area contributed by atoms with Crippen molar-refractivity contribution in [3.63, 3.8) is 0 Å². The molecule has 0 radical (unpaired) electrons. The predicted octanol–water partition coefficient (Wildman–Crippen LogP) is 2.57. The van der Waals surface area contributed by atoms with Crippen LogP contribution in [0.2, 0.25) is 0 Å². The number of nitrogens with one attached hydrogen (secondary N) is 2. The lowest BCUT2D eigenvalue weighted by Gasteiger charge is -2.23. The van der Waals surface area contributed by atoms with Crippen LogP contribution in [0.15, 0.2) is 29.6 Å². The number of H-pyrrole nitrogens is 1. The molecule has 0 saturated heterocycles. The summed E-state index contributed by atoms with van der Waals surface area (Å²) < 4.78 is 0. The van der Waals surface area contributed by atoms with Crippen LogP contribution in [0.3, 0.4) is 0 Å². The molecular weight excluding hydrogens is 368 g/mol. The minimum Gasteiger partial charge on any atom is -0.507 e. The number of benzene rings is 1. The molecule has 2 heterocycles. The molecule has 9 nitrogen and oxygen atoms in total. The lowest BCUT2D eigenvalue weighted by molar-refractivity contribution is 0.0694. The van der Waals surface area contributed by atoms with E-state index < -0.39 is 5.97 Å². The molecule has 0 aliphatic carbocycles. The third-order valence-electron chi connectivity index (χ3n) is 4.05. The van der Waals surface area contributed by atoms with Crippen molar-refractivity contribution in [2.45, 2.75) is 24.9 Å². The number of thioether (sulfide) groups is 1. The maximum atomic E-state index is 11.2. The van der Waals surface area contributed by atoms with Gasteiger partial charge in [0.1, 0.15) is 21.9 Å². The number of hydrogen-bond acceptors (Lipinski definition) is 8. The van der Waals surface area contributed by atoms with Crippen molar-refractivity contribution < 1.29 is 15.0 Å². The number of phenols is 1. The van der Waals surface area contributed by atoms with E-state index >= 15 is 0 Å². The topological polar surface area (TPSA) is 150 Å². The molecule has 0 aliphatic rings. The monoisotopic (exact) mass is 388 g/mol. The lowest BCUT2D eigenvalue weighted by Crippen LogP contribution is -2.28. The standard InChI is InChI=1S/C17H20N6O3S/c1-8(2)11(21-9-3-4-12(24)10(5-9)16(25)26)6-27-15-13-14(20-7-19-13)22-17(18)23-15/h3-5,7-8,11,21,24H,6H2,1-2H3,(H,25,26)(H3,18,19,20,22,23)/t11-/m1/s1. The number of aromatic carboxylic acids is 1. The Kier molecular flexibility index (Phi) is 5.36. The number of imidazole rings is 1. The number of carboxylic acids is 1. The van der Waals surface area contributed by atoms with Crippen LogP contribution in [0.1, 0.15) is 24.2 Å². The number of rotatable bonds is 7. The zero-order valence-corrected chi connectivity index (χ0v) is 15.6. The molecule has 2 aromatic heterocycles. The van der Waals surface area contributed by atoms with Gasteiger partial charge in [0.2, 0.25) is 5.95 Å². The lowest BCUT2D eigenvalue weighted by atomic mass is 10.1. The minimum atomic E-state index is -1.18. The van der Waals surface area contributed by atoms with Crippen molar-refractivity contribution in [2.75, 3.05) is 16.8 Å². The van der Waals surface area contributed by atoms with Crippen LogP contribution in [0.4, 0.5) is 11.6 Å². The largest absolute Gasteiger partial charge is 0.507 e. The molecule has 3 aromatic rings. The van der Waals surface area contributed by atoms with Crippen LogP contribution in [0, 0.1) is 5.92 Å². The van der Waals surface area contributed by atoms with Gasteiger partial charge in [-0.1, -0.05) is 13.8 Å². The molecule has 27 heavy (non-hydrogen) atoms. The predicted molar refractivity (Wildman–Crippen MR) is 104 cm³/mol. The first-order valence-corrected chi connectivity index (χ1v) is 9.26. The van der Waals surface area contributed by atoms with Gasteiger partial charge in [0.15, 0.2) is 5.65 Å². The highest BCUT2D eigenvalue weighted by Crippen LogP contribution is 2.28. The second-order valence-electron chi connectivity index (χ2n) is 6.33. The number of carboxylic acid groups (broad SMARTS) is 1. The number of nitrogens with zero attached hydrogens (tertiary/aromatic N) is 3. The second kappa shape index (κ2) is 7.70. The summed E-state index contributed by atoms with van der Waals surface area (Å²) in [6.45, 7) is 4.13. The van der Waals surface area contributed by atoms with Crippen LogP contribution < -0.4 is 11.1 Å². The Morgan fingerprint density at radius 1 is 1.37 bits per heavy atom. The highest BCUT2D eigenvalue weighted by Gasteiger charge is 2.18. The van der Waals surface area contributed by atoms with Gasteiger partial charge in [-0.25, -0.2) is 14.8 Å². The molecule has 3 rings (SSSR count). The van der Waals surface area contributed by atoms with Gasteiger partial charge >= 0.3 is 5.97 Å². The van der Waals surface area contributed by atoms with Gasteiger partial charge in [0, 0.05) is 17.5 Å². The minimum absolute atomic E-state index is 0.0235. The quantitative estimate of drug-likeness (QED) is 0.234. The Balaban J connectivity index is 1.77. The summed E-state index contributed by atoms with van der Waals surface area (Å²) in [6.07, 6.45) is 1.55. The normalized spacial score (nSPS) is 12.4. The molecule has 0 spiro atoms. The fraction of sp³-hybridized carbons (Fsp3) is 0.294. The molecule has 10 heteroatoms. The van der Waals surface area contributed by atoms with Crippen molar-refractivity contribution in [3.05, 3.63) is 30.1 Å². The number of fused-ring (bicyclic) bond motifs is 1. The van der Waals surface area contributed by atoms with Crippen LogP contribution >= 0.6 is 11.8 Å². The maximum Gasteiger partial charge on any atom is 0.339 e. The number of carbonyl (C=O) groups is 1. The number of aromatic hydroxyl groups is 1. The summed E-state index contributed by atoms with van der Waals surface area (Å²) in [5.74, 6) is -0.357. The van der Waals surface area contributed by atoms with E-state index in [9.17, 15) is 9.90 Å². The highest BCUT2D eigenvalue weighted by atomic mass is 32.2. The third kappa shape index (κ3) is 4.22. The molecule has 0 amide bonds. The third-order valence-corrected chi connectivity index (χ3v) is 5.15. The zero-order chi connectivity index (χ0) is 19.6. The average Bonchev–Trinajstić information content (AvgIpc) is 3.07. The molecular formula is C17H20N6O3S. The van der Waals surface area contributed by atoms with Crippen molar-refractivity contribution in [1.82, 2.24) is 19.9 Å². The van der Waals surface area contributed by atoms with E-state index in [-0.39, 0.29) is 29.2 Å². The number of aromatic amines is 1. The van der Waals surface area contributed by atoms with Gasteiger partial charge in [-0.3, -0.25) is 0 Å². The van der Waals surface area contributed by atoms with Crippen LogP contribution in [0.25, 0.3) is 11.2 Å². The SMILES string of the molecule is CC(C)[C@@H](CSc1nc(N)nc2nc[nH]c12)Nc1ccc(O)c(C(=O)O)c1. The van der Waals surface area contributed by atoms with Crippen molar-refractivity contribution in [3.8, 4) is 5.75 Å². The molecule has 0 fully saturated rings. The van der Waals surface area contributed by atoms with Gasteiger partial charge in [0.25, 0.3) is 0 Å². The zero-order valence-electron chi connectivity index (χ0n) is 14.8. The van der Waals surface area contributed by atoms with Crippen molar-refractivity contribution >= 4 is 40.5 Å². The first kappa shape index (κ1) is 18.8. The highest BCUT2D eigenvalue weighted by molar-refractivity contribution is 7.99. The van der Waals surface area contributed by atoms with E-state index in [1.54, 1.807) is 12.4 Å². The number of aromatic nitrogens is 4. The van der Waals surface area contributed by atoms with E-state index in [1.165, 1.54) is 23.9 Å². The summed E-state index contributed by atoms with van der Waals surface area (Å²) in [5, 5.41) is 22.9.